The molecule has 2 aromatic rings. The third-order valence-electron chi connectivity index (χ3n) is 6.93. The maximum absolute atomic E-state index is 14.0. The fourth-order valence-corrected chi connectivity index (χ4v) is 5.00. The van der Waals surface area contributed by atoms with Gasteiger partial charge in [0.2, 0.25) is 5.92 Å². The molecule has 5 nitrogen and oxygen atoms in total. The Bertz CT molecular complexity index is 932. The molecule has 4 rings (SSSR count). The minimum absolute atomic E-state index is 0.107. The van der Waals surface area contributed by atoms with E-state index in [4.69, 9.17) is 5.73 Å². The van der Waals surface area contributed by atoms with Gasteiger partial charge in [-0.05, 0) is 36.5 Å². The van der Waals surface area contributed by atoms with Crippen molar-refractivity contribution in [2.45, 2.75) is 56.2 Å². The Labute approximate surface area is 187 Å². The molecule has 1 aliphatic carbocycles. The number of para-hydroxylation sites is 1. The maximum Gasteiger partial charge on any atom is 0.257 e. The lowest BCUT2D eigenvalue weighted by atomic mass is 9.79. The number of piperidine rings is 1. The number of nitrogen functional groups attached to an aromatic ring is 1. The number of amides is 1. The highest BCUT2D eigenvalue weighted by Gasteiger charge is 2.53. The van der Waals surface area contributed by atoms with Crippen molar-refractivity contribution >= 4 is 11.6 Å². The number of hydrogen-bond acceptors (Lipinski definition) is 4. The molecule has 2 aromatic carbocycles. The first-order valence-corrected chi connectivity index (χ1v) is 11.3. The lowest BCUT2D eigenvalue weighted by molar-refractivity contribution is -0.149. The van der Waals surface area contributed by atoms with Crippen molar-refractivity contribution in [2.75, 3.05) is 18.8 Å². The molecule has 1 saturated carbocycles. The molecule has 0 spiro atoms. The zero-order valence-corrected chi connectivity index (χ0v) is 18.1. The Balaban J connectivity index is 1.41. The minimum atomic E-state index is -2.85. The lowest BCUT2D eigenvalue weighted by Crippen LogP contribution is -2.54. The summed E-state index contributed by atoms with van der Waals surface area (Å²) >= 11 is 0. The Hall–Kier alpha value is -2.51. The van der Waals surface area contributed by atoms with Crippen molar-refractivity contribution in [3.8, 4) is 0 Å². The molecule has 1 amide bonds. The number of alkyl halides is 2. The number of hydrogen-bond donors (Lipinski definition) is 3. The van der Waals surface area contributed by atoms with Crippen molar-refractivity contribution < 1.29 is 18.7 Å². The number of rotatable bonds is 6. The lowest BCUT2D eigenvalue weighted by Gasteiger charge is -2.37. The number of likely N-dealkylation sites (tertiary alicyclic amines) is 1. The normalized spacial score (nSPS) is 23.5. The number of nitrogens with two attached hydrogens (primary N) is 1. The number of carbonyl (C=O) groups excluding carboxylic acids is 1. The largest absolute Gasteiger partial charge is 0.398 e. The predicted molar refractivity (Wildman–Crippen MR) is 120 cm³/mol. The summed E-state index contributed by atoms with van der Waals surface area (Å²) in [5.41, 5.74) is 6.31. The number of nitrogens with one attached hydrogen (secondary N) is 1. The van der Waals surface area contributed by atoms with Crippen LogP contribution in [0, 0.1) is 5.92 Å². The average Bonchev–Trinajstić information content (AvgIpc) is 3.16. The molecule has 4 N–H and O–H groups in total. The van der Waals surface area contributed by atoms with E-state index in [0.717, 1.165) is 43.7 Å². The zero-order valence-electron chi connectivity index (χ0n) is 18.1. The first-order valence-electron chi connectivity index (χ1n) is 11.3. The second-order valence-electron chi connectivity index (χ2n) is 9.15. The Morgan fingerprint density at radius 3 is 2.38 bits per heavy atom. The van der Waals surface area contributed by atoms with Crippen molar-refractivity contribution in [1.82, 2.24) is 10.2 Å². The van der Waals surface area contributed by atoms with E-state index in [9.17, 15) is 18.7 Å². The quantitative estimate of drug-likeness (QED) is 0.596. The van der Waals surface area contributed by atoms with Crippen molar-refractivity contribution in [3.05, 3.63) is 65.7 Å². The topological polar surface area (TPSA) is 78.6 Å². The van der Waals surface area contributed by atoms with Crippen LogP contribution in [0.1, 0.15) is 43.2 Å². The third-order valence-corrected chi connectivity index (χ3v) is 6.93. The summed E-state index contributed by atoms with van der Waals surface area (Å²) in [6.07, 6.45) is 0.779. The summed E-state index contributed by atoms with van der Waals surface area (Å²) in [6, 6.07) is 16.2. The molecule has 7 heteroatoms. The average molecular weight is 444 g/mol. The smallest absolute Gasteiger partial charge is 0.257 e. The van der Waals surface area contributed by atoms with Gasteiger partial charge in [-0.1, -0.05) is 48.5 Å². The summed E-state index contributed by atoms with van der Waals surface area (Å²) in [7, 11) is 0. The van der Waals surface area contributed by atoms with Crippen LogP contribution in [0.5, 0.6) is 0 Å². The van der Waals surface area contributed by atoms with Gasteiger partial charge in [0.15, 0.2) is 5.60 Å². The number of halogens is 2. The molecule has 1 saturated heterocycles. The minimum Gasteiger partial charge on any atom is -0.398 e. The maximum atomic E-state index is 14.0. The highest BCUT2D eigenvalue weighted by molar-refractivity contribution is 5.87. The van der Waals surface area contributed by atoms with E-state index in [-0.39, 0.29) is 18.9 Å². The van der Waals surface area contributed by atoms with Gasteiger partial charge in [0.25, 0.3) is 5.91 Å². The highest BCUT2D eigenvalue weighted by Crippen LogP contribution is 2.47. The van der Waals surface area contributed by atoms with Crippen LogP contribution in [-0.4, -0.2) is 41.0 Å². The Morgan fingerprint density at radius 2 is 1.75 bits per heavy atom. The van der Waals surface area contributed by atoms with Gasteiger partial charge < -0.3 is 16.2 Å². The molecule has 1 aliphatic heterocycles. The van der Waals surface area contributed by atoms with Crippen molar-refractivity contribution in [3.63, 3.8) is 0 Å². The van der Waals surface area contributed by atoms with Gasteiger partial charge in [0.1, 0.15) is 0 Å². The molecule has 0 radical (unpaired) electrons. The van der Waals surface area contributed by atoms with Gasteiger partial charge >= 0.3 is 0 Å². The van der Waals surface area contributed by atoms with Crippen LogP contribution in [0.15, 0.2) is 54.6 Å². The van der Waals surface area contributed by atoms with Crippen LogP contribution < -0.4 is 11.1 Å². The first kappa shape index (κ1) is 22.7. The second kappa shape index (κ2) is 9.16. The van der Waals surface area contributed by atoms with Crippen LogP contribution in [-0.2, 0) is 16.9 Å². The van der Waals surface area contributed by atoms with E-state index in [1.807, 2.05) is 24.3 Å². The fourth-order valence-electron chi connectivity index (χ4n) is 5.00. The number of benzene rings is 2. The number of anilines is 1. The van der Waals surface area contributed by atoms with Crippen LogP contribution in [0.3, 0.4) is 0 Å². The Kier molecular flexibility index (Phi) is 6.49. The summed E-state index contributed by atoms with van der Waals surface area (Å²) < 4.78 is 27.9. The summed E-state index contributed by atoms with van der Waals surface area (Å²) in [4.78, 5) is 15.6. The van der Waals surface area contributed by atoms with Gasteiger partial charge in [-0.2, -0.15) is 0 Å². The molecular formula is C25H31F2N3O2. The molecule has 172 valence electrons. The van der Waals surface area contributed by atoms with E-state index < -0.39 is 29.8 Å². The number of nitrogens with zero attached hydrogens (tertiary/aromatic N) is 1. The monoisotopic (exact) mass is 443 g/mol. The molecule has 2 aliphatic rings. The van der Waals surface area contributed by atoms with Gasteiger partial charge in [-0.3, -0.25) is 9.69 Å². The molecule has 2 atom stereocenters. The van der Waals surface area contributed by atoms with E-state index in [2.05, 4.69) is 10.2 Å². The zero-order chi connectivity index (χ0) is 22.8. The number of aliphatic hydroxyl groups is 1. The van der Waals surface area contributed by atoms with Gasteiger partial charge in [-0.25, -0.2) is 8.78 Å². The predicted octanol–water partition coefficient (Wildman–Crippen LogP) is 3.67. The first-order chi connectivity index (χ1) is 15.3. The summed E-state index contributed by atoms with van der Waals surface area (Å²) in [5, 5.41) is 14.5. The SMILES string of the molecule is Nc1ccccc1CN1CCC(NC(=O)C(O)(c2ccccc2)[C@@H]2CCC(F)(F)C2)CC1. The van der Waals surface area contributed by atoms with E-state index in [1.165, 1.54) is 0 Å². The van der Waals surface area contributed by atoms with Crippen molar-refractivity contribution in [1.29, 1.82) is 0 Å². The van der Waals surface area contributed by atoms with E-state index >= 15 is 0 Å². The fraction of sp³-hybridized carbons (Fsp3) is 0.480. The van der Waals surface area contributed by atoms with Gasteiger partial charge in [0.05, 0.1) is 0 Å². The molecule has 1 heterocycles. The van der Waals surface area contributed by atoms with Crippen LogP contribution in [0.4, 0.5) is 14.5 Å². The second-order valence-corrected chi connectivity index (χ2v) is 9.15. The van der Waals surface area contributed by atoms with Gasteiger partial charge in [-0.15, -0.1) is 0 Å². The van der Waals surface area contributed by atoms with Crippen molar-refractivity contribution in [2.24, 2.45) is 5.92 Å². The molecule has 2 fully saturated rings. The molecule has 0 bridgehead atoms. The molecule has 32 heavy (non-hydrogen) atoms. The third kappa shape index (κ3) is 4.79. The summed E-state index contributed by atoms with van der Waals surface area (Å²) in [6.45, 7) is 2.31. The molecule has 0 aromatic heterocycles. The van der Waals surface area contributed by atoms with E-state index in [0.29, 0.717) is 5.56 Å². The standard InChI is InChI=1S/C25H31F2N3O2/c26-24(27)13-10-20(16-24)25(32,19-7-2-1-3-8-19)23(31)29-21-11-14-30(15-12-21)17-18-6-4-5-9-22(18)28/h1-9,20-21,32H,10-17,28H2,(H,29,31)/t20-,25?/m1/s1. The molecular weight excluding hydrogens is 412 g/mol. The van der Waals surface area contributed by atoms with Crippen LogP contribution in [0.25, 0.3) is 0 Å². The van der Waals surface area contributed by atoms with E-state index in [1.54, 1.807) is 30.3 Å². The van der Waals surface area contributed by atoms with Crippen LogP contribution in [0.2, 0.25) is 0 Å². The Morgan fingerprint density at radius 1 is 1.09 bits per heavy atom. The molecule has 1 unspecified atom stereocenters. The summed E-state index contributed by atoms with van der Waals surface area (Å²) in [5.74, 6) is -4.24. The number of carbonyl (C=O) groups is 1. The highest BCUT2D eigenvalue weighted by atomic mass is 19.3. The van der Waals surface area contributed by atoms with Crippen LogP contribution >= 0.6 is 0 Å². The van der Waals surface area contributed by atoms with Gasteiger partial charge in [0, 0.05) is 50.1 Å².